The number of nitrogens with zero attached hydrogens (tertiary/aromatic N) is 2. The van der Waals surface area contributed by atoms with Gasteiger partial charge in [0.05, 0.1) is 12.2 Å². The lowest BCUT2D eigenvalue weighted by molar-refractivity contribution is 0.0735. The third kappa shape index (κ3) is 6.88. The Morgan fingerprint density at radius 2 is 1.93 bits per heavy atom. The van der Waals surface area contributed by atoms with Crippen molar-refractivity contribution in [3.05, 3.63) is 0 Å². The van der Waals surface area contributed by atoms with Crippen LogP contribution in [0.2, 0.25) is 0 Å². The van der Waals surface area contributed by atoms with Gasteiger partial charge >= 0.3 is 0 Å². The van der Waals surface area contributed by atoms with E-state index in [1.54, 1.807) is 7.11 Å². The first-order valence-electron chi connectivity index (χ1n) is 5.22. The molecule has 3 heteroatoms. The highest BCUT2D eigenvalue weighted by Crippen LogP contribution is 2.02. The van der Waals surface area contributed by atoms with Gasteiger partial charge in [0.15, 0.2) is 0 Å². The van der Waals surface area contributed by atoms with Crippen molar-refractivity contribution >= 4 is 0 Å². The van der Waals surface area contributed by atoms with Crippen molar-refractivity contribution in [2.75, 3.05) is 26.7 Å². The SMILES string of the molecule is COC(C)CN(CCC#N)CC(C)C. The van der Waals surface area contributed by atoms with Gasteiger partial charge in [-0.2, -0.15) is 5.26 Å². The van der Waals surface area contributed by atoms with E-state index < -0.39 is 0 Å². The summed E-state index contributed by atoms with van der Waals surface area (Å²) in [5.41, 5.74) is 0. The predicted octanol–water partition coefficient (Wildman–Crippen LogP) is 1.89. The number of methoxy groups -OCH3 is 1. The van der Waals surface area contributed by atoms with Gasteiger partial charge in [0.1, 0.15) is 0 Å². The van der Waals surface area contributed by atoms with Crippen LogP contribution in [0.5, 0.6) is 0 Å². The third-order valence-electron chi connectivity index (χ3n) is 2.08. The van der Waals surface area contributed by atoms with E-state index in [0.29, 0.717) is 12.3 Å². The smallest absolute Gasteiger partial charge is 0.0670 e. The predicted molar refractivity (Wildman–Crippen MR) is 58.0 cm³/mol. The topological polar surface area (TPSA) is 36.3 Å². The van der Waals surface area contributed by atoms with Crippen LogP contribution in [-0.4, -0.2) is 37.7 Å². The molecule has 1 atom stereocenters. The van der Waals surface area contributed by atoms with Crippen molar-refractivity contribution in [3.8, 4) is 6.07 Å². The van der Waals surface area contributed by atoms with E-state index in [4.69, 9.17) is 10.00 Å². The van der Waals surface area contributed by atoms with E-state index in [9.17, 15) is 0 Å². The van der Waals surface area contributed by atoms with Crippen LogP contribution in [0.1, 0.15) is 27.2 Å². The molecule has 0 aromatic rings. The quantitative estimate of drug-likeness (QED) is 0.627. The molecule has 0 aliphatic heterocycles. The van der Waals surface area contributed by atoms with Gasteiger partial charge in [-0.3, -0.25) is 4.90 Å². The first-order chi connectivity index (χ1) is 6.60. The molecular weight excluding hydrogens is 176 g/mol. The Labute approximate surface area is 87.7 Å². The standard InChI is InChI=1S/C11H22N2O/c1-10(2)8-13(7-5-6-12)9-11(3)14-4/h10-11H,5,7-9H2,1-4H3. The molecular formula is C11H22N2O. The monoisotopic (exact) mass is 198 g/mol. The van der Waals surface area contributed by atoms with Crippen molar-refractivity contribution in [1.82, 2.24) is 4.90 Å². The van der Waals surface area contributed by atoms with E-state index in [1.807, 2.05) is 0 Å². The normalized spacial score (nSPS) is 13.2. The molecule has 0 aliphatic carbocycles. The van der Waals surface area contributed by atoms with Gasteiger partial charge in [-0.15, -0.1) is 0 Å². The Hall–Kier alpha value is -0.590. The van der Waals surface area contributed by atoms with Gasteiger partial charge in [-0.25, -0.2) is 0 Å². The molecule has 0 N–H and O–H groups in total. The zero-order valence-electron chi connectivity index (χ0n) is 9.79. The number of nitriles is 1. The molecule has 0 aromatic heterocycles. The summed E-state index contributed by atoms with van der Waals surface area (Å²) in [6.45, 7) is 9.24. The minimum Gasteiger partial charge on any atom is -0.380 e. The first kappa shape index (κ1) is 13.4. The van der Waals surface area contributed by atoms with Crippen molar-refractivity contribution in [2.45, 2.75) is 33.3 Å². The highest BCUT2D eigenvalue weighted by atomic mass is 16.5. The summed E-state index contributed by atoms with van der Waals surface area (Å²) in [5, 5.41) is 8.53. The van der Waals surface area contributed by atoms with Crippen molar-refractivity contribution in [3.63, 3.8) is 0 Å². The van der Waals surface area contributed by atoms with Gasteiger partial charge in [-0.05, 0) is 12.8 Å². The Morgan fingerprint density at radius 3 is 2.36 bits per heavy atom. The maximum absolute atomic E-state index is 8.53. The van der Waals surface area contributed by atoms with Crippen molar-refractivity contribution < 1.29 is 4.74 Å². The summed E-state index contributed by atoms with van der Waals surface area (Å²) in [4.78, 5) is 2.29. The molecule has 14 heavy (non-hydrogen) atoms. The van der Waals surface area contributed by atoms with Crippen molar-refractivity contribution in [2.24, 2.45) is 5.92 Å². The van der Waals surface area contributed by atoms with Gasteiger partial charge in [-0.1, -0.05) is 13.8 Å². The van der Waals surface area contributed by atoms with Gasteiger partial charge < -0.3 is 4.74 Å². The fourth-order valence-corrected chi connectivity index (χ4v) is 1.42. The molecule has 0 spiro atoms. The number of hydrogen-bond acceptors (Lipinski definition) is 3. The highest BCUT2D eigenvalue weighted by molar-refractivity contribution is 4.74. The minimum absolute atomic E-state index is 0.243. The molecule has 0 fully saturated rings. The maximum atomic E-state index is 8.53. The van der Waals surface area contributed by atoms with Crippen molar-refractivity contribution in [1.29, 1.82) is 5.26 Å². The number of ether oxygens (including phenoxy) is 1. The largest absolute Gasteiger partial charge is 0.380 e. The second-order valence-electron chi connectivity index (χ2n) is 4.11. The Balaban J connectivity index is 3.91. The van der Waals surface area contributed by atoms with Crippen LogP contribution < -0.4 is 0 Å². The molecule has 0 radical (unpaired) electrons. The molecule has 0 aromatic carbocycles. The number of rotatable bonds is 7. The molecule has 0 amide bonds. The number of hydrogen-bond donors (Lipinski definition) is 0. The lowest BCUT2D eigenvalue weighted by Gasteiger charge is -2.25. The molecule has 1 unspecified atom stereocenters. The van der Waals surface area contributed by atoms with Crippen LogP contribution in [0, 0.1) is 17.2 Å². The molecule has 3 nitrogen and oxygen atoms in total. The molecule has 0 saturated carbocycles. The van der Waals surface area contributed by atoms with E-state index >= 15 is 0 Å². The molecule has 0 heterocycles. The van der Waals surface area contributed by atoms with Crippen LogP contribution in [0.15, 0.2) is 0 Å². The lowest BCUT2D eigenvalue weighted by atomic mass is 10.2. The average molecular weight is 198 g/mol. The summed E-state index contributed by atoms with van der Waals surface area (Å²) >= 11 is 0. The van der Waals surface area contributed by atoms with Gasteiger partial charge in [0, 0.05) is 33.2 Å². The van der Waals surface area contributed by atoms with Crippen LogP contribution in [0.4, 0.5) is 0 Å². The zero-order valence-corrected chi connectivity index (χ0v) is 9.79. The summed E-state index contributed by atoms with van der Waals surface area (Å²) < 4.78 is 5.22. The minimum atomic E-state index is 0.243. The van der Waals surface area contributed by atoms with E-state index in [2.05, 4.69) is 31.7 Å². The highest BCUT2D eigenvalue weighted by Gasteiger charge is 2.10. The first-order valence-corrected chi connectivity index (χ1v) is 5.22. The van der Waals surface area contributed by atoms with E-state index in [1.165, 1.54) is 0 Å². The summed E-state index contributed by atoms with van der Waals surface area (Å²) in [5.74, 6) is 0.637. The second-order valence-corrected chi connectivity index (χ2v) is 4.11. The molecule has 0 bridgehead atoms. The van der Waals surface area contributed by atoms with E-state index in [-0.39, 0.29) is 6.10 Å². The van der Waals surface area contributed by atoms with Crippen LogP contribution in [0.25, 0.3) is 0 Å². The summed E-state index contributed by atoms with van der Waals surface area (Å²) in [7, 11) is 1.72. The van der Waals surface area contributed by atoms with Gasteiger partial charge in [0.2, 0.25) is 0 Å². The Bertz CT molecular complexity index is 175. The molecule has 0 aliphatic rings. The summed E-state index contributed by atoms with van der Waals surface area (Å²) in [6.07, 6.45) is 0.843. The third-order valence-corrected chi connectivity index (χ3v) is 2.08. The zero-order chi connectivity index (χ0) is 11.0. The molecule has 0 saturated heterocycles. The average Bonchev–Trinajstić information content (AvgIpc) is 2.13. The fraction of sp³-hybridized carbons (Fsp3) is 0.909. The fourth-order valence-electron chi connectivity index (χ4n) is 1.42. The van der Waals surface area contributed by atoms with Crippen LogP contribution in [-0.2, 0) is 4.74 Å². The van der Waals surface area contributed by atoms with Crippen LogP contribution in [0.3, 0.4) is 0 Å². The maximum Gasteiger partial charge on any atom is 0.0670 e. The molecule has 0 rings (SSSR count). The van der Waals surface area contributed by atoms with Crippen LogP contribution >= 0.6 is 0 Å². The lowest BCUT2D eigenvalue weighted by Crippen LogP contribution is -2.35. The Kier molecular flexibility index (Phi) is 7.45. The molecule has 82 valence electrons. The Morgan fingerprint density at radius 1 is 1.29 bits per heavy atom. The second kappa shape index (κ2) is 7.78. The van der Waals surface area contributed by atoms with E-state index in [0.717, 1.165) is 19.6 Å². The van der Waals surface area contributed by atoms with Gasteiger partial charge in [0.25, 0.3) is 0 Å². The summed E-state index contributed by atoms with van der Waals surface area (Å²) in [6, 6.07) is 2.18.